The molecule has 2 N–H and O–H groups in total. The second kappa shape index (κ2) is 5.92. The van der Waals surface area contributed by atoms with Gasteiger partial charge in [0.15, 0.2) is 5.78 Å². The number of rotatable bonds is 5. The average molecular weight is 286 g/mol. The molecule has 4 heteroatoms. The van der Waals surface area contributed by atoms with Crippen molar-refractivity contribution in [2.24, 2.45) is 5.73 Å². The van der Waals surface area contributed by atoms with Gasteiger partial charge in [0.25, 0.3) is 0 Å². The number of hydrogen-bond acceptors (Lipinski definition) is 2. The first-order valence-corrected chi connectivity index (χ1v) is 5.67. The molecule has 0 fully saturated rings. The maximum Gasteiger partial charge on any atom is 0.154 e. The highest BCUT2D eigenvalue weighted by Crippen LogP contribution is 2.19. The van der Waals surface area contributed by atoms with Crippen LogP contribution in [0.25, 0.3) is 0 Å². The van der Waals surface area contributed by atoms with Gasteiger partial charge < -0.3 is 5.73 Å². The lowest BCUT2D eigenvalue weighted by Gasteiger charge is -2.09. The molecule has 0 saturated carbocycles. The molecule has 0 aliphatic heterocycles. The average Bonchev–Trinajstić information content (AvgIpc) is 2.23. The Morgan fingerprint density at radius 2 is 2.31 bits per heavy atom. The van der Waals surface area contributed by atoms with Crippen LogP contribution >= 0.6 is 15.9 Å². The largest absolute Gasteiger partial charge is 0.321 e. The predicted molar refractivity (Wildman–Crippen MR) is 65.6 cm³/mol. The van der Waals surface area contributed by atoms with Crippen molar-refractivity contribution in [2.75, 3.05) is 0 Å². The summed E-state index contributed by atoms with van der Waals surface area (Å²) in [4.78, 5) is 11.6. The van der Waals surface area contributed by atoms with Gasteiger partial charge in [-0.1, -0.05) is 22.0 Å². The number of carbonyl (C=O) groups is 1. The van der Waals surface area contributed by atoms with Gasteiger partial charge in [-0.05, 0) is 30.2 Å². The monoisotopic (exact) mass is 285 g/mol. The van der Waals surface area contributed by atoms with Gasteiger partial charge in [0.1, 0.15) is 5.82 Å². The number of benzene rings is 1. The molecule has 1 unspecified atom stereocenters. The molecule has 1 aromatic carbocycles. The number of halogens is 2. The molecule has 0 saturated heterocycles. The molecule has 2 nitrogen and oxygen atoms in total. The molecular weight excluding hydrogens is 273 g/mol. The summed E-state index contributed by atoms with van der Waals surface area (Å²) in [7, 11) is 0. The minimum Gasteiger partial charge on any atom is -0.321 e. The molecule has 0 heterocycles. The normalized spacial score (nSPS) is 12.2. The van der Waals surface area contributed by atoms with Crippen LogP contribution in [-0.4, -0.2) is 11.8 Å². The number of nitrogens with two attached hydrogens (primary N) is 1. The van der Waals surface area contributed by atoms with Crippen LogP contribution in [0.1, 0.15) is 12.0 Å². The summed E-state index contributed by atoms with van der Waals surface area (Å²) in [5, 5.41) is 0. The van der Waals surface area contributed by atoms with Crippen molar-refractivity contribution in [1.29, 1.82) is 0 Å². The topological polar surface area (TPSA) is 43.1 Å². The standard InChI is InChI=1S/C12H13BrFNO/c1-2-3-11(15)12(16)7-8-6-9(14)4-5-10(8)13/h2,4-6,11H,1,3,7,15H2. The predicted octanol–water partition coefficient (Wildman–Crippen LogP) is 2.60. The first-order chi connectivity index (χ1) is 7.54. The zero-order valence-electron chi connectivity index (χ0n) is 8.75. The van der Waals surface area contributed by atoms with Crippen LogP contribution in [0.4, 0.5) is 4.39 Å². The molecule has 1 atom stereocenters. The summed E-state index contributed by atoms with van der Waals surface area (Å²) < 4.78 is 13.7. The van der Waals surface area contributed by atoms with E-state index in [9.17, 15) is 9.18 Å². The molecule has 0 radical (unpaired) electrons. The van der Waals surface area contributed by atoms with E-state index in [2.05, 4.69) is 22.5 Å². The summed E-state index contributed by atoms with van der Waals surface area (Å²) in [5.74, 6) is -0.477. The molecule has 0 aliphatic rings. The van der Waals surface area contributed by atoms with Crippen LogP contribution in [-0.2, 0) is 11.2 Å². The second-order valence-electron chi connectivity index (χ2n) is 3.51. The fourth-order valence-corrected chi connectivity index (χ4v) is 1.70. The van der Waals surface area contributed by atoms with Gasteiger partial charge in [-0.2, -0.15) is 0 Å². The maximum atomic E-state index is 13.0. The summed E-state index contributed by atoms with van der Waals surface area (Å²) in [6.07, 6.45) is 2.17. The van der Waals surface area contributed by atoms with Crippen molar-refractivity contribution in [2.45, 2.75) is 18.9 Å². The van der Waals surface area contributed by atoms with E-state index in [1.165, 1.54) is 12.1 Å². The van der Waals surface area contributed by atoms with Crippen molar-refractivity contribution in [1.82, 2.24) is 0 Å². The van der Waals surface area contributed by atoms with Crippen LogP contribution in [0.15, 0.2) is 35.3 Å². The third-order valence-electron chi connectivity index (χ3n) is 2.21. The molecule has 16 heavy (non-hydrogen) atoms. The van der Waals surface area contributed by atoms with Gasteiger partial charge in [0, 0.05) is 10.9 Å². The van der Waals surface area contributed by atoms with Crippen molar-refractivity contribution < 1.29 is 9.18 Å². The molecule has 0 aromatic heterocycles. The molecule has 0 spiro atoms. The summed E-state index contributed by atoms with van der Waals surface area (Å²) in [6.45, 7) is 3.52. The van der Waals surface area contributed by atoms with E-state index >= 15 is 0 Å². The zero-order valence-corrected chi connectivity index (χ0v) is 10.3. The molecule has 0 amide bonds. The lowest BCUT2D eigenvalue weighted by atomic mass is 10.0. The number of Topliss-reactive ketones (excluding diaryl/α,β-unsaturated/α-hetero) is 1. The van der Waals surface area contributed by atoms with Crippen LogP contribution in [0, 0.1) is 5.82 Å². The summed E-state index contributed by atoms with van der Waals surface area (Å²) in [5.41, 5.74) is 6.25. The minimum atomic E-state index is -0.562. The molecule has 0 aliphatic carbocycles. The fraction of sp³-hybridized carbons (Fsp3) is 0.250. The summed E-state index contributed by atoms with van der Waals surface area (Å²) >= 11 is 3.27. The van der Waals surface area contributed by atoms with E-state index in [-0.39, 0.29) is 18.0 Å². The van der Waals surface area contributed by atoms with Crippen molar-refractivity contribution in [3.8, 4) is 0 Å². The van der Waals surface area contributed by atoms with E-state index in [1.54, 1.807) is 12.1 Å². The van der Waals surface area contributed by atoms with E-state index in [1.807, 2.05) is 0 Å². The lowest BCUT2D eigenvalue weighted by Crippen LogP contribution is -2.31. The van der Waals surface area contributed by atoms with Crippen LogP contribution in [0.5, 0.6) is 0 Å². The smallest absolute Gasteiger partial charge is 0.154 e. The zero-order chi connectivity index (χ0) is 12.1. The Kier molecular flexibility index (Phi) is 4.83. The van der Waals surface area contributed by atoms with Gasteiger partial charge in [-0.15, -0.1) is 6.58 Å². The highest BCUT2D eigenvalue weighted by Gasteiger charge is 2.14. The van der Waals surface area contributed by atoms with Gasteiger partial charge in [0.2, 0.25) is 0 Å². The van der Waals surface area contributed by atoms with E-state index < -0.39 is 6.04 Å². The Hall–Kier alpha value is -1.00. The number of carbonyl (C=O) groups excluding carboxylic acids is 1. The molecular formula is C12H13BrFNO. The van der Waals surface area contributed by atoms with Gasteiger partial charge in [-0.3, -0.25) is 4.79 Å². The van der Waals surface area contributed by atoms with Crippen molar-refractivity contribution in [3.05, 3.63) is 46.7 Å². The molecule has 1 aromatic rings. The minimum absolute atomic E-state index is 0.119. The third kappa shape index (κ3) is 3.54. The molecule has 86 valence electrons. The Balaban J connectivity index is 2.76. The van der Waals surface area contributed by atoms with Crippen molar-refractivity contribution in [3.63, 3.8) is 0 Å². The van der Waals surface area contributed by atoms with Crippen LogP contribution in [0.3, 0.4) is 0 Å². The maximum absolute atomic E-state index is 13.0. The van der Waals surface area contributed by atoms with E-state index in [0.29, 0.717) is 16.5 Å². The second-order valence-corrected chi connectivity index (χ2v) is 4.36. The van der Waals surface area contributed by atoms with Gasteiger partial charge >= 0.3 is 0 Å². The number of ketones is 1. The number of hydrogen-bond donors (Lipinski definition) is 1. The first kappa shape index (κ1) is 13.1. The third-order valence-corrected chi connectivity index (χ3v) is 2.98. The Labute approximate surface area is 102 Å². The van der Waals surface area contributed by atoms with Crippen LogP contribution in [0.2, 0.25) is 0 Å². The lowest BCUT2D eigenvalue weighted by molar-refractivity contribution is -0.119. The van der Waals surface area contributed by atoms with Crippen LogP contribution < -0.4 is 5.73 Å². The SMILES string of the molecule is C=CCC(N)C(=O)Cc1cc(F)ccc1Br. The summed E-state index contributed by atoms with van der Waals surface area (Å²) in [6, 6.07) is 3.69. The highest BCUT2D eigenvalue weighted by molar-refractivity contribution is 9.10. The highest BCUT2D eigenvalue weighted by atomic mass is 79.9. The van der Waals surface area contributed by atoms with Crippen molar-refractivity contribution >= 4 is 21.7 Å². The van der Waals surface area contributed by atoms with E-state index in [0.717, 1.165) is 0 Å². The molecule has 0 bridgehead atoms. The van der Waals surface area contributed by atoms with Gasteiger partial charge in [0.05, 0.1) is 6.04 Å². The fourth-order valence-electron chi connectivity index (χ4n) is 1.31. The van der Waals surface area contributed by atoms with E-state index in [4.69, 9.17) is 5.73 Å². The Morgan fingerprint density at radius 1 is 1.62 bits per heavy atom. The quantitative estimate of drug-likeness (QED) is 0.845. The Bertz CT molecular complexity index is 406. The Morgan fingerprint density at radius 3 is 2.94 bits per heavy atom. The molecule has 1 rings (SSSR count). The van der Waals surface area contributed by atoms with Gasteiger partial charge in [-0.25, -0.2) is 4.39 Å². The first-order valence-electron chi connectivity index (χ1n) is 4.87.